The summed E-state index contributed by atoms with van der Waals surface area (Å²) in [7, 11) is 1.49. The second-order valence-electron chi connectivity index (χ2n) is 7.45. The number of nitrogens with two attached hydrogens (primary N) is 1. The van der Waals surface area contributed by atoms with E-state index in [1.165, 1.54) is 44.0 Å². The number of amides is 1. The lowest BCUT2D eigenvalue weighted by atomic mass is 9.98. The van der Waals surface area contributed by atoms with Crippen molar-refractivity contribution in [2.75, 3.05) is 7.11 Å². The standard InChI is InChI=1S/C22H27NO4S.CH3NO/c1-16-14-18(22(26-2)21(15-16)23(24)25)11-8-17-9-12-20(13-10-17)28-27-19-6-4-3-5-7-19;2-1-3/h9-10,12-15,19H,3-8,11H2,1-2H3;1H,(H2,2,3). The summed E-state index contributed by atoms with van der Waals surface area (Å²) in [5, 5.41) is 11.3. The molecule has 168 valence electrons. The van der Waals surface area contributed by atoms with Crippen molar-refractivity contribution in [2.45, 2.75) is 62.9 Å². The smallest absolute Gasteiger partial charge is 0.311 e. The molecule has 2 aromatic rings. The molecule has 1 fully saturated rings. The van der Waals surface area contributed by atoms with Crippen LogP contribution < -0.4 is 10.5 Å². The fourth-order valence-electron chi connectivity index (χ4n) is 3.66. The van der Waals surface area contributed by atoms with E-state index in [4.69, 9.17) is 13.7 Å². The van der Waals surface area contributed by atoms with Crippen molar-refractivity contribution in [3.8, 4) is 5.75 Å². The fourth-order valence-corrected chi connectivity index (χ4v) is 4.35. The molecule has 7 nitrogen and oxygen atoms in total. The SMILES string of the molecule is COc1c(CCc2ccc(SOC3CCCCC3)cc2)cc(C)cc1[N+](=O)[O-].NC=O. The molecule has 2 aromatic carbocycles. The Kier molecular flexibility index (Phi) is 10.3. The third-order valence-corrected chi connectivity index (χ3v) is 5.96. The molecule has 0 unspecified atom stereocenters. The van der Waals surface area contributed by atoms with E-state index in [-0.39, 0.29) is 17.0 Å². The van der Waals surface area contributed by atoms with Gasteiger partial charge in [0.05, 0.1) is 18.1 Å². The van der Waals surface area contributed by atoms with E-state index in [9.17, 15) is 10.1 Å². The van der Waals surface area contributed by atoms with Crippen molar-refractivity contribution in [2.24, 2.45) is 5.73 Å². The van der Waals surface area contributed by atoms with Crippen LogP contribution in [0.3, 0.4) is 0 Å². The van der Waals surface area contributed by atoms with Crippen LogP contribution in [0.15, 0.2) is 41.3 Å². The summed E-state index contributed by atoms with van der Waals surface area (Å²) in [6, 6.07) is 11.9. The van der Waals surface area contributed by atoms with Gasteiger partial charge in [-0.3, -0.25) is 14.9 Å². The zero-order chi connectivity index (χ0) is 22.6. The highest BCUT2D eigenvalue weighted by Crippen LogP contribution is 2.33. The van der Waals surface area contributed by atoms with Gasteiger partial charge in [0.2, 0.25) is 6.41 Å². The van der Waals surface area contributed by atoms with Crippen LogP contribution in [0.4, 0.5) is 5.69 Å². The highest BCUT2D eigenvalue weighted by Gasteiger charge is 2.19. The zero-order valence-corrected chi connectivity index (χ0v) is 18.9. The summed E-state index contributed by atoms with van der Waals surface area (Å²) in [4.78, 5) is 20.6. The second kappa shape index (κ2) is 13.0. The Morgan fingerprint density at radius 2 is 1.81 bits per heavy atom. The number of nitro groups is 1. The number of primary amides is 1. The molecule has 0 spiro atoms. The van der Waals surface area contributed by atoms with Gasteiger partial charge in [-0.15, -0.1) is 0 Å². The average Bonchev–Trinajstić information content (AvgIpc) is 2.77. The first-order chi connectivity index (χ1) is 15.0. The van der Waals surface area contributed by atoms with E-state index < -0.39 is 0 Å². The maximum absolute atomic E-state index is 11.3. The van der Waals surface area contributed by atoms with E-state index in [1.807, 2.05) is 13.0 Å². The predicted molar refractivity (Wildman–Crippen MR) is 122 cm³/mol. The number of rotatable bonds is 8. The topological polar surface area (TPSA) is 105 Å². The number of carbonyl (C=O) groups is 1. The second-order valence-corrected chi connectivity index (χ2v) is 8.28. The summed E-state index contributed by atoms with van der Waals surface area (Å²) in [6.45, 7) is 1.87. The normalized spacial score (nSPS) is 13.7. The molecule has 3 rings (SSSR count). The van der Waals surface area contributed by atoms with Crippen LogP contribution in [0.5, 0.6) is 5.75 Å². The largest absolute Gasteiger partial charge is 0.490 e. The van der Waals surface area contributed by atoms with Crippen molar-refractivity contribution in [1.82, 2.24) is 0 Å². The monoisotopic (exact) mass is 446 g/mol. The van der Waals surface area contributed by atoms with Gasteiger partial charge < -0.3 is 14.7 Å². The third-order valence-electron chi connectivity index (χ3n) is 5.13. The maximum atomic E-state index is 11.3. The van der Waals surface area contributed by atoms with E-state index in [0.717, 1.165) is 35.3 Å². The Bertz CT molecular complexity index is 852. The Labute approximate surface area is 187 Å². The predicted octanol–water partition coefficient (Wildman–Crippen LogP) is 5.15. The van der Waals surface area contributed by atoms with Gasteiger partial charge in [-0.25, -0.2) is 0 Å². The molecule has 0 radical (unpaired) electrons. The van der Waals surface area contributed by atoms with E-state index in [1.54, 1.807) is 6.07 Å². The lowest BCUT2D eigenvalue weighted by Gasteiger charge is -2.20. The minimum atomic E-state index is -0.381. The molecule has 0 bridgehead atoms. The molecule has 0 atom stereocenters. The zero-order valence-electron chi connectivity index (χ0n) is 18.0. The van der Waals surface area contributed by atoms with Crippen molar-refractivity contribution in [3.63, 3.8) is 0 Å². The van der Waals surface area contributed by atoms with Gasteiger partial charge in [-0.1, -0.05) is 37.5 Å². The number of hydrogen-bond acceptors (Lipinski definition) is 6. The summed E-state index contributed by atoms with van der Waals surface area (Å²) < 4.78 is 11.3. The quantitative estimate of drug-likeness (QED) is 0.260. The van der Waals surface area contributed by atoms with Crippen LogP contribution in [0.2, 0.25) is 0 Å². The number of benzene rings is 2. The van der Waals surface area contributed by atoms with Gasteiger partial charge in [0.1, 0.15) is 0 Å². The lowest BCUT2D eigenvalue weighted by molar-refractivity contribution is -0.385. The number of carbonyl (C=O) groups excluding carboxylic acids is 1. The molecular weight excluding hydrogens is 416 g/mol. The summed E-state index contributed by atoms with van der Waals surface area (Å²) in [5.74, 6) is 0.364. The third kappa shape index (κ3) is 7.88. The summed E-state index contributed by atoms with van der Waals surface area (Å²) in [5.41, 5.74) is 7.12. The molecule has 1 aliphatic carbocycles. The highest BCUT2D eigenvalue weighted by molar-refractivity contribution is 7.94. The molecule has 0 saturated heterocycles. The Balaban J connectivity index is 0.00000107. The first-order valence-corrected chi connectivity index (χ1v) is 11.1. The van der Waals surface area contributed by atoms with Crippen molar-refractivity contribution >= 4 is 24.1 Å². The van der Waals surface area contributed by atoms with Gasteiger partial charge in [-0.05, 0) is 55.9 Å². The van der Waals surface area contributed by atoms with Crippen LogP contribution in [0.25, 0.3) is 0 Å². The van der Waals surface area contributed by atoms with Crippen LogP contribution in [-0.4, -0.2) is 24.5 Å². The Hall–Kier alpha value is -2.58. The van der Waals surface area contributed by atoms with Gasteiger partial charge in [-0.2, -0.15) is 0 Å². The molecule has 2 N–H and O–H groups in total. The summed E-state index contributed by atoms with van der Waals surface area (Å²) >= 11 is 1.47. The first-order valence-electron chi connectivity index (χ1n) is 10.4. The van der Waals surface area contributed by atoms with Gasteiger partial charge >= 0.3 is 5.69 Å². The van der Waals surface area contributed by atoms with E-state index in [2.05, 4.69) is 30.0 Å². The molecule has 0 aliphatic heterocycles. The number of aryl methyl sites for hydroxylation is 3. The van der Waals surface area contributed by atoms with E-state index in [0.29, 0.717) is 18.3 Å². The molecule has 1 amide bonds. The first kappa shape index (κ1) is 24.7. The van der Waals surface area contributed by atoms with Crippen molar-refractivity contribution < 1.29 is 18.6 Å². The molecular formula is C23H30N2O5S. The lowest BCUT2D eigenvalue weighted by Crippen LogP contribution is -2.12. The van der Waals surface area contributed by atoms with Gasteiger partial charge in [0, 0.05) is 28.6 Å². The van der Waals surface area contributed by atoms with Gasteiger partial charge in [0.25, 0.3) is 0 Å². The van der Waals surface area contributed by atoms with E-state index >= 15 is 0 Å². The Morgan fingerprint density at radius 3 is 2.39 bits per heavy atom. The molecule has 1 saturated carbocycles. The molecule has 0 heterocycles. The molecule has 0 aromatic heterocycles. The summed E-state index contributed by atoms with van der Waals surface area (Å²) in [6.07, 6.45) is 8.31. The molecule has 31 heavy (non-hydrogen) atoms. The molecule has 8 heteroatoms. The van der Waals surface area contributed by atoms with Crippen LogP contribution in [-0.2, 0) is 21.8 Å². The Morgan fingerprint density at radius 1 is 1.16 bits per heavy atom. The molecule has 1 aliphatic rings. The fraction of sp³-hybridized carbons (Fsp3) is 0.435. The number of methoxy groups -OCH3 is 1. The van der Waals surface area contributed by atoms with Crippen LogP contribution in [0.1, 0.15) is 48.8 Å². The number of nitro benzene ring substituents is 1. The minimum absolute atomic E-state index is 0.0316. The highest BCUT2D eigenvalue weighted by atomic mass is 32.2. The van der Waals surface area contributed by atoms with Gasteiger partial charge in [0.15, 0.2) is 5.75 Å². The minimum Gasteiger partial charge on any atom is -0.490 e. The van der Waals surface area contributed by atoms with Crippen molar-refractivity contribution in [3.05, 3.63) is 63.2 Å². The van der Waals surface area contributed by atoms with Crippen LogP contribution in [0, 0.1) is 17.0 Å². The number of ether oxygens (including phenoxy) is 1. The maximum Gasteiger partial charge on any atom is 0.311 e. The number of hydrogen-bond donors (Lipinski definition) is 1. The van der Waals surface area contributed by atoms with Crippen LogP contribution >= 0.6 is 12.0 Å². The average molecular weight is 447 g/mol. The number of nitrogens with zero attached hydrogens (tertiary/aromatic N) is 1. The van der Waals surface area contributed by atoms with Crippen molar-refractivity contribution in [1.29, 1.82) is 0 Å².